The molecule has 110 valence electrons. The van der Waals surface area contributed by atoms with E-state index in [1.807, 2.05) is 0 Å². The summed E-state index contributed by atoms with van der Waals surface area (Å²) >= 11 is 0. The number of rotatable bonds is 3. The third-order valence-corrected chi connectivity index (χ3v) is 4.01. The molecule has 6 nitrogen and oxygen atoms in total. The van der Waals surface area contributed by atoms with Gasteiger partial charge in [0, 0.05) is 11.9 Å². The van der Waals surface area contributed by atoms with Gasteiger partial charge in [0.05, 0.1) is 4.90 Å². The number of nitrogens with one attached hydrogen (secondary N) is 1. The number of hydrogen-bond donors (Lipinski definition) is 2. The second-order valence-corrected chi connectivity index (χ2v) is 6.19. The highest BCUT2D eigenvalue weighted by Crippen LogP contribution is 2.23. The molecular weight excluding hydrogens is 290 g/mol. The smallest absolute Gasteiger partial charge is 0.274 e. The Balaban J connectivity index is 2.41. The van der Waals surface area contributed by atoms with Gasteiger partial charge in [0.2, 0.25) is 10.0 Å². The number of pyridine rings is 1. The number of carbonyl (C=O) groups excluding carboxylic acids is 1. The van der Waals surface area contributed by atoms with Crippen molar-refractivity contribution in [2.24, 2.45) is 5.14 Å². The fourth-order valence-corrected chi connectivity index (χ4v) is 2.43. The average Bonchev–Trinajstić information content (AvgIpc) is 2.43. The Morgan fingerprint density at radius 3 is 2.52 bits per heavy atom. The molecule has 1 amide bonds. The molecule has 2 rings (SSSR count). The molecule has 2 aromatic rings. The second kappa shape index (κ2) is 5.63. The summed E-state index contributed by atoms with van der Waals surface area (Å²) in [6.07, 6.45) is 1.51. The summed E-state index contributed by atoms with van der Waals surface area (Å²) < 4.78 is 22.9. The van der Waals surface area contributed by atoms with Crippen molar-refractivity contribution in [3.05, 3.63) is 53.3 Å². The predicted octanol–water partition coefficient (Wildman–Crippen LogP) is 1.60. The number of nitrogens with zero attached hydrogens (tertiary/aromatic N) is 1. The van der Waals surface area contributed by atoms with Crippen LogP contribution in [0.5, 0.6) is 0 Å². The highest BCUT2D eigenvalue weighted by molar-refractivity contribution is 7.89. The van der Waals surface area contributed by atoms with Gasteiger partial charge in [0.15, 0.2) is 0 Å². The lowest BCUT2D eigenvalue weighted by atomic mass is 10.1. The number of sulfonamides is 1. The van der Waals surface area contributed by atoms with Gasteiger partial charge >= 0.3 is 0 Å². The first kappa shape index (κ1) is 15.1. The summed E-state index contributed by atoms with van der Waals surface area (Å²) in [4.78, 5) is 16.0. The van der Waals surface area contributed by atoms with Crippen LogP contribution in [-0.2, 0) is 10.0 Å². The zero-order valence-corrected chi connectivity index (χ0v) is 12.4. The molecule has 0 radical (unpaired) electrons. The van der Waals surface area contributed by atoms with E-state index in [2.05, 4.69) is 10.3 Å². The lowest BCUT2D eigenvalue weighted by molar-refractivity contribution is 0.102. The minimum absolute atomic E-state index is 0.0399. The highest BCUT2D eigenvalue weighted by atomic mass is 32.2. The number of amides is 1. The fraction of sp³-hybridized carbons (Fsp3) is 0.143. The maximum absolute atomic E-state index is 12.1. The van der Waals surface area contributed by atoms with E-state index in [0.29, 0.717) is 5.69 Å². The number of aryl methyl sites for hydroxylation is 1. The summed E-state index contributed by atoms with van der Waals surface area (Å²) in [6.45, 7) is 3.54. The van der Waals surface area contributed by atoms with Crippen LogP contribution < -0.4 is 10.5 Å². The van der Waals surface area contributed by atoms with Crippen molar-refractivity contribution in [1.29, 1.82) is 0 Å². The quantitative estimate of drug-likeness (QED) is 0.899. The minimum Gasteiger partial charge on any atom is -0.320 e. The number of aromatic nitrogens is 1. The summed E-state index contributed by atoms with van der Waals surface area (Å²) in [5.74, 6) is -0.412. The van der Waals surface area contributed by atoms with Crippen molar-refractivity contribution in [3.8, 4) is 0 Å². The van der Waals surface area contributed by atoms with Gasteiger partial charge in [0.25, 0.3) is 5.91 Å². The van der Waals surface area contributed by atoms with Crippen LogP contribution in [0.4, 0.5) is 5.69 Å². The fourth-order valence-electron chi connectivity index (χ4n) is 1.80. The van der Waals surface area contributed by atoms with Crippen molar-refractivity contribution in [3.63, 3.8) is 0 Å². The van der Waals surface area contributed by atoms with E-state index in [-0.39, 0.29) is 10.6 Å². The Kier molecular flexibility index (Phi) is 4.06. The molecule has 0 atom stereocenters. The summed E-state index contributed by atoms with van der Waals surface area (Å²) in [6, 6.07) is 7.79. The molecule has 0 unspecified atom stereocenters. The van der Waals surface area contributed by atoms with Gasteiger partial charge in [0.1, 0.15) is 5.69 Å². The van der Waals surface area contributed by atoms with Gasteiger partial charge in [-0.2, -0.15) is 0 Å². The van der Waals surface area contributed by atoms with Crippen LogP contribution in [0, 0.1) is 13.8 Å². The van der Waals surface area contributed by atoms with E-state index in [1.54, 1.807) is 32.0 Å². The second-order valence-electron chi connectivity index (χ2n) is 4.63. The normalized spacial score (nSPS) is 11.2. The van der Waals surface area contributed by atoms with Crippen LogP contribution in [0.2, 0.25) is 0 Å². The zero-order chi connectivity index (χ0) is 15.6. The van der Waals surface area contributed by atoms with Crippen molar-refractivity contribution >= 4 is 21.6 Å². The first-order valence-electron chi connectivity index (χ1n) is 6.15. The van der Waals surface area contributed by atoms with Crippen LogP contribution in [0.1, 0.15) is 21.6 Å². The molecule has 3 N–H and O–H groups in total. The Morgan fingerprint density at radius 2 is 1.95 bits per heavy atom. The zero-order valence-electron chi connectivity index (χ0n) is 11.6. The lowest BCUT2D eigenvalue weighted by Gasteiger charge is -2.12. The molecule has 0 spiro atoms. The van der Waals surface area contributed by atoms with Crippen molar-refractivity contribution in [2.75, 3.05) is 5.32 Å². The van der Waals surface area contributed by atoms with Gasteiger partial charge in [-0.25, -0.2) is 13.6 Å². The van der Waals surface area contributed by atoms with Crippen LogP contribution in [-0.4, -0.2) is 19.3 Å². The Morgan fingerprint density at radius 1 is 1.24 bits per heavy atom. The topological polar surface area (TPSA) is 102 Å². The number of benzene rings is 1. The standard InChI is InChI=1S/C14H15N3O3S/c1-9-7-11(21(15,19)20)8-13(10(9)2)17-14(18)12-5-3-4-6-16-12/h3-8H,1-2H3,(H,17,18)(H2,15,19,20). The third-order valence-electron chi connectivity index (χ3n) is 3.12. The van der Waals surface area contributed by atoms with Gasteiger partial charge < -0.3 is 5.32 Å². The number of primary sulfonamides is 1. The molecule has 1 aromatic heterocycles. The van der Waals surface area contributed by atoms with Gasteiger partial charge in [-0.1, -0.05) is 6.07 Å². The van der Waals surface area contributed by atoms with Gasteiger partial charge in [-0.05, 0) is 49.2 Å². The molecule has 0 saturated heterocycles. The molecule has 1 aromatic carbocycles. The molecule has 0 aliphatic rings. The van der Waals surface area contributed by atoms with Gasteiger partial charge in [-0.15, -0.1) is 0 Å². The first-order valence-corrected chi connectivity index (χ1v) is 7.70. The lowest BCUT2D eigenvalue weighted by Crippen LogP contribution is -2.17. The highest BCUT2D eigenvalue weighted by Gasteiger charge is 2.15. The molecule has 21 heavy (non-hydrogen) atoms. The molecule has 1 heterocycles. The SMILES string of the molecule is Cc1cc(S(N)(=O)=O)cc(NC(=O)c2ccccn2)c1C. The largest absolute Gasteiger partial charge is 0.320 e. The Labute approximate surface area is 123 Å². The molecule has 0 aliphatic heterocycles. The summed E-state index contributed by atoms with van der Waals surface area (Å²) in [5, 5.41) is 7.79. The number of hydrogen-bond acceptors (Lipinski definition) is 4. The van der Waals surface area contributed by atoms with Gasteiger partial charge in [-0.3, -0.25) is 9.78 Å². The van der Waals surface area contributed by atoms with E-state index in [1.165, 1.54) is 18.3 Å². The van der Waals surface area contributed by atoms with E-state index in [0.717, 1.165) is 11.1 Å². The number of nitrogens with two attached hydrogens (primary N) is 1. The molecule has 0 saturated carbocycles. The molecule has 0 bridgehead atoms. The van der Waals surface area contributed by atoms with Crippen molar-refractivity contribution in [2.45, 2.75) is 18.7 Å². The van der Waals surface area contributed by atoms with Crippen molar-refractivity contribution in [1.82, 2.24) is 4.98 Å². The summed E-state index contributed by atoms with van der Waals surface area (Å²) in [5.41, 5.74) is 2.13. The Hall–Kier alpha value is -2.25. The Bertz CT molecular complexity index is 787. The minimum atomic E-state index is -3.83. The van der Waals surface area contributed by atoms with Crippen LogP contribution in [0.25, 0.3) is 0 Å². The molecule has 7 heteroatoms. The molecular formula is C14H15N3O3S. The predicted molar refractivity (Wildman–Crippen MR) is 79.5 cm³/mol. The van der Waals surface area contributed by atoms with Crippen LogP contribution in [0.15, 0.2) is 41.4 Å². The van der Waals surface area contributed by atoms with E-state index in [4.69, 9.17) is 5.14 Å². The summed E-state index contributed by atoms with van der Waals surface area (Å²) in [7, 11) is -3.83. The number of anilines is 1. The maximum atomic E-state index is 12.1. The third kappa shape index (κ3) is 3.45. The monoisotopic (exact) mass is 305 g/mol. The van der Waals surface area contributed by atoms with Crippen LogP contribution >= 0.6 is 0 Å². The van der Waals surface area contributed by atoms with E-state index >= 15 is 0 Å². The maximum Gasteiger partial charge on any atom is 0.274 e. The van der Waals surface area contributed by atoms with Crippen molar-refractivity contribution < 1.29 is 13.2 Å². The molecule has 0 aliphatic carbocycles. The number of carbonyl (C=O) groups is 1. The first-order chi connectivity index (χ1) is 9.79. The molecule has 0 fully saturated rings. The van der Waals surface area contributed by atoms with E-state index in [9.17, 15) is 13.2 Å². The average molecular weight is 305 g/mol. The van der Waals surface area contributed by atoms with Crippen LogP contribution in [0.3, 0.4) is 0 Å². The van der Waals surface area contributed by atoms with E-state index < -0.39 is 15.9 Å².